The van der Waals surface area contributed by atoms with Gasteiger partial charge in [-0.3, -0.25) is 10.1 Å². The zero-order chi connectivity index (χ0) is 13.1. The van der Waals surface area contributed by atoms with Crippen LogP contribution in [0.3, 0.4) is 0 Å². The highest BCUT2D eigenvalue weighted by molar-refractivity contribution is 7.99. The Morgan fingerprint density at radius 1 is 1.28 bits per heavy atom. The Balaban J connectivity index is 2.22. The van der Waals surface area contributed by atoms with Gasteiger partial charge in [0.2, 0.25) is 5.82 Å². The third-order valence-corrected chi connectivity index (χ3v) is 3.09. The average Bonchev–Trinajstić information content (AvgIpc) is 2.32. The third kappa shape index (κ3) is 2.88. The number of aromatic nitrogens is 2. The van der Waals surface area contributed by atoms with Crippen molar-refractivity contribution in [2.75, 3.05) is 5.73 Å². The van der Waals surface area contributed by atoms with Crippen LogP contribution in [-0.2, 0) is 0 Å². The number of nitrogens with two attached hydrogens (primary N) is 1. The van der Waals surface area contributed by atoms with Crippen LogP contribution in [0, 0.1) is 10.1 Å². The summed E-state index contributed by atoms with van der Waals surface area (Å²) in [6, 6.07) is 6.27. The van der Waals surface area contributed by atoms with E-state index in [0.29, 0.717) is 15.1 Å². The predicted molar refractivity (Wildman–Crippen MR) is 68.7 cm³/mol. The third-order valence-electron chi connectivity index (χ3n) is 1.98. The molecule has 92 valence electrons. The number of hydrogen-bond donors (Lipinski definition) is 1. The fraction of sp³-hybridized carbons (Fsp3) is 0. The van der Waals surface area contributed by atoms with E-state index in [0.717, 1.165) is 0 Å². The second-order valence-electron chi connectivity index (χ2n) is 3.23. The maximum atomic E-state index is 10.6. The SMILES string of the molecule is Nc1nc(Sc2ccc(Cl)cn2)ccc1[N+](=O)[O-]. The molecule has 8 heteroatoms. The summed E-state index contributed by atoms with van der Waals surface area (Å²) >= 11 is 6.96. The van der Waals surface area contributed by atoms with Gasteiger partial charge in [0.15, 0.2) is 0 Å². The Hall–Kier alpha value is -1.86. The van der Waals surface area contributed by atoms with Gasteiger partial charge in [0.25, 0.3) is 0 Å². The first kappa shape index (κ1) is 12.6. The van der Waals surface area contributed by atoms with Crippen molar-refractivity contribution < 1.29 is 4.92 Å². The van der Waals surface area contributed by atoms with Crippen LogP contribution in [0.15, 0.2) is 40.5 Å². The number of rotatable bonds is 3. The summed E-state index contributed by atoms with van der Waals surface area (Å²) in [6.45, 7) is 0. The lowest BCUT2D eigenvalue weighted by molar-refractivity contribution is -0.384. The summed E-state index contributed by atoms with van der Waals surface area (Å²) in [5.41, 5.74) is 5.29. The molecule has 0 unspecified atom stereocenters. The van der Waals surface area contributed by atoms with Crippen molar-refractivity contribution >= 4 is 34.9 Å². The van der Waals surface area contributed by atoms with Gasteiger partial charge in [-0.05, 0) is 18.2 Å². The van der Waals surface area contributed by atoms with E-state index < -0.39 is 4.92 Å². The van der Waals surface area contributed by atoms with E-state index in [4.69, 9.17) is 17.3 Å². The molecular formula is C10H7ClN4O2S. The van der Waals surface area contributed by atoms with Gasteiger partial charge in [-0.1, -0.05) is 23.4 Å². The lowest BCUT2D eigenvalue weighted by atomic mass is 10.4. The van der Waals surface area contributed by atoms with Crippen molar-refractivity contribution in [1.29, 1.82) is 0 Å². The monoisotopic (exact) mass is 282 g/mol. The van der Waals surface area contributed by atoms with Crippen LogP contribution in [0.4, 0.5) is 11.5 Å². The molecule has 0 aliphatic rings. The molecule has 0 amide bonds. The summed E-state index contributed by atoms with van der Waals surface area (Å²) in [5.74, 6) is -0.112. The van der Waals surface area contributed by atoms with Crippen molar-refractivity contribution in [3.8, 4) is 0 Å². The Bertz CT molecular complexity index is 591. The van der Waals surface area contributed by atoms with E-state index in [1.807, 2.05) is 0 Å². The molecule has 0 radical (unpaired) electrons. The lowest BCUT2D eigenvalue weighted by Crippen LogP contribution is -1.98. The van der Waals surface area contributed by atoms with Gasteiger partial charge in [0.1, 0.15) is 10.1 Å². The van der Waals surface area contributed by atoms with Gasteiger partial charge < -0.3 is 5.73 Å². The molecular weight excluding hydrogens is 276 g/mol. The molecule has 0 fully saturated rings. The highest BCUT2D eigenvalue weighted by Gasteiger charge is 2.13. The number of nitrogens with zero attached hydrogens (tertiary/aromatic N) is 3. The minimum Gasteiger partial charge on any atom is -0.378 e. The molecule has 0 spiro atoms. The van der Waals surface area contributed by atoms with E-state index in [2.05, 4.69) is 9.97 Å². The zero-order valence-corrected chi connectivity index (χ0v) is 10.5. The van der Waals surface area contributed by atoms with Crippen LogP contribution in [0.1, 0.15) is 0 Å². The van der Waals surface area contributed by atoms with E-state index >= 15 is 0 Å². The fourth-order valence-electron chi connectivity index (χ4n) is 1.19. The topological polar surface area (TPSA) is 94.9 Å². The van der Waals surface area contributed by atoms with Gasteiger partial charge in [-0.15, -0.1) is 0 Å². The molecule has 2 rings (SSSR count). The van der Waals surface area contributed by atoms with Crippen LogP contribution < -0.4 is 5.73 Å². The number of nitro groups is 1. The first-order chi connectivity index (χ1) is 8.56. The van der Waals surface area contributed by atoms with Crippen LogP contribution in [0.2, 0.25) is 5.02 Å². The lowest BCUT2D eigenvalue weighted by Gasteiger charge is -2.01. The second-order valence-corrected chi connectivity index (χ2v) is 4.70. The second kappa shape index (κ2) is 5.19. The summed E-state index contributed by atoms with van der Waals surface area (Å²) < 4.78 is 0. The van der Waals surface area contributed by atoms with E-state index in [-0.39, 0.29) is 11.5 Å². The van der Waals surface area contributed by atoms with Crippen molar-refractivity contribution in [3.63, 3.8) is 0 Å². The van der Waals surface area contributed by atoms with Gasteiger partial charge in [-0.2, -0.15) is 0 Å². The summed E-state index contributed by atoms with van der Waals surface area (Å²) in [6.07, 6.45) is 1.51. The van der Waals surface area contributed by atoms with Crippen LogP contribution in [-0.4, -0.2) is 14.9 Å². The standard InChI is InChI=1S/C10H7ClN4O2S/c11-6-1-3-8(13-5-6)18-9-4-2-7(15(16)17)10(12)14-9/h1-5H,(H2,12,14). The first-order valence-corrected chi connectivity index (χ1v) is 5.96. The highest BCUT2D eigenvalue weighted by Crippen LogP contribution is 2.28. The molecule has 0 saturated carbocycles. The molecule has 2 heterocycles. The van der Waals surface area contributed by atoms with E-state index in [1.54, 1.807) is 12.1 Å². The quantitative estimate of drug-likeness (QED) is 0.687. The molecule has 0 aliphatic heterocycles. The van der Waals surface area contributed by atoms with Gasteiger partial charge in [-0.25, -0.2) is 9.97 Å². The molecule has 2 aromatic rings. The molecule has 0 atom stereocenters. The van der Waals surface area contributed by atoms with Crippen molar-refractivity contribution in [1.82, 2.24) is 9.97 Å². The van der Waals surface area contributed by atoms with Gasteiger partial charge in [0, 0.05) is 12.3 Å². The first-order valence-electron chi connectivity index (χ1n) is 4.76. The predicted octanol–water partition coefficient (Wildman–Crippen LogP) is 2.77. The van der Waals surface area contributed by atoms with Crippen molar-refractivity contribution in [2.24, 2.45) is 0 Å². The molecule has 0 bridgehead atoms. The molecule has 2 aromatic heterocycles. The van der Waals surface area contributed by atoms with Gasteiger partial charge >= 0.3 is 5.69 Å². The Labute approximate surface area is 111 Å². The molecule has 0 aliphatic carbocycles. The van der Waals surface area contributed by atoms with Crippen molar-refractivity contribution in [2.45, 2.75) is 10.1 Å². The molecule has 0 aromatic carbocycles. The maximum absolute atomic E-state index is 10.6. The Morgan fingerprint density at radius 3 is 2.56 bits per heavy atom. The minimum atomic E-state index is -0.572. The summed E-state index contributed by atoms with van der Waals surface area (Å²) in [4.78, 5) is 18.0. The Kier molecular flexibility index (Phi) is 3.63. The average molecular weight is 283 g/mol. The molecule has 6 nitrogen and oxygen atoms in total. The number of halogens is 1. The van der Waals surface area contributed by atoms with Crippen LogP contribution in [0.25, 0.3) is 0 Å². The van der Waals surface area contributed by atoms with Crippen molar-refractivity contribution in [3.05, 3.63) is 45.6 Å². The van der Waals surface area contributed by atoms with Gasteiger partial charge in [0.05, 0.1) is 9.95 Å². The Morgan fingerprint density at radius 2 is 2.00 bits per heavy atom. The number of hydrogen-bond acceptors (Lipinski definition) is 6. The zero-order valence-electron chi connectivity index (χ0n) is 8.91. The largest absolute Gasteiger partial charge is 0.378 e. The minimum absolute atomic E-state index is 0.112. The molecule has 0 saturated heterocycles. The number of anilines is 1. The smallest absolute Gasteiger partial charge is 0.311 e. The fourth-order valence-corrected chi connectivity index (χ4v) is 2.04. The van der Waals surface area contributed by atoms with Crippen LogP contribution in [0.5, 0.6) is 0 Å². The van der Waals surface area contributed by atoms with E-state index in [9.17, 15) is 10.1 Å². The molecule has 2 N–H and O–H groups in total. The number of nitrogen functional groups attached to an aromatic ring is 1. The summed E-state index contributed by atoms with van der Waals surface area (Å²) in [7, 11) is 0. The summed E-state index contributed by atoms with van der Waals surface area (Å²) in [5, 5.41) is 12.3. The van der Waals surface area contributed by atoms with E-state index in [1.165, 1.54) is 30.1 Å². The number of pyridine rings is 2. The normalized spacial score (nSPS) is 10.3. The molecule has 18 heavy (non-hydrogen) atoms. The van der Waals surface area contributed by atoms with Crippen LogP contribution >= 0.6 is 23.4 Å². The maximum Gasteiger partial charge on any atom is 0.311 e. The highest BCUT2D eigenvalue weighted by atomic mass is 35.5.